The van der Waals surface area contributed by atoms with Crippen LogP contribution in [0.1, 0.15) is 34.8 Å². The van der Waals surface area contributed by atoms with Crippen molar-refractivity contribution in [2.75, 3.05) is 11.1 Å². The summed E-state index contributed by atoms with van der Waals surface area (Å²) in [5.74, 6) is 0.146. The number of carbonyl (C=O) groups is 1. The smallest absolute Gasteiger partial charge is 0.255 e. The van der Waals surface area contributed by atoms with Gasteiger partial charge in [0.15, 0.2) is 5.17 Å². The van der Waals surface area contributed by atoms with E-state index in [0.29, 0.717) is 34.9 Å². The summed E-state index contributed by atoms with van der Waals surface area (Å²) in [4.78, 5) is 17.3. The first-order valence-corrected chi connectivity index (χ1v) is 10.6. The molecule has 2 aromatic carbocycles. The molecule has 1 aliphatic heterocycles. The van der Waals surface area contributed by atoms with Crippen molar-refractivity contribution in [3.8, 4) is 0 Å². The molecule has 0 radical (unpaired) electrons. The summed E-state index contributed by atoms with van der Waals surface area (Å²) >= 11 is 1.46. The summed E-state index contributed by atoms with van der Waals surface area (Å²) in [5, 5.41) is 7.50. The Morgan fingerprint density at radius 2 is 2.17 bits per heavy atom. The van der Waals surface area contributed by atoms with E-state index in [4.69, 9.17) is 5.73 Å². The highest BCUT2D eigenvalue weighted by Gasteiger charge is 2.32. The van der Waals surface area contributed by atoms with Gasteiger partial charge in [0.05, 0.1) is 12.1 Å². The summed E-state index contributed by atoms with van der Waals surface area (Å²) in [6, 6.07) is 13.8. The minimum absolute atomic E-state index is 0.262. The second-order valence-electron chi connectivity index (χ2n) is 7.38. The van der Waals surface area contributed by atoms with E-state index < -0.39 is 5.54 Å². The van der Waals surface area contributed by atoms with Crippen molar-refractivity contribution in [1.29, 1.82) is 0 Å². The molecular weight excluding hydrogens is 401 g/mol. The summed E-state index contributed by atoms with van der Waals surface area (Å²) in [5.41, 5.74) is 7.55. The third-order valence-corrected chi connectivity index (χ3v) is 5.89. The Bertz CT molecular complexity index is 1100. The first-order chi connectivity index (χ1) is 14.4. The van der Waals surface area contributed by atoms with Gasteiger partial charge in [-0.25, -0.2) is 4.39 Å². The molecule has 4 rings (SSSR count). The van der Waals surface area contributed by atoms with Crippen LogP contribution < -0.4 is 11.1 Å². The van der Waals surface area contributed by atoms with Crippen LogP contribution in [0.25, 0.3) is 0 Å². The Morgan fingerprint density at radius 3 is 2.93 bits per heavy atom. The molecule has 1 unspecified atom stereocenters. The lowest BCUT2D eigenvalue weighted by molar-refractivity contribution is 0.102. The number of rotatable bonds is 5. The zero-order valence-electron chi connectivity index (χ0n) is 16.5. The number of halogens is 1. The first-order valence-electron chi connectivity index (χ1n) is 9.59. The fraction of sp³-hybridized carbons (Fsp3) is 0.227. The fourth-order valence-electron chi connectivity index (χ4n) is 3.49. The maximum absolute atomic E-state index is 14.6. The number of aliphatic imine (C=N–C) groups is 1. The summed E-state index contributed by atoms with van der Waals surface area (Å²) in [7, 11) is 0. The van der Waals surface area contributed by atoms with Crippen LogP contribution in [0.5, 0.6) is 0 Å². The monoisotopic (exact) mass is 423 g/mol. The van der Waals surface area contributed by atoms with E-state index in [9.17, 15) is 9.18 Å². The van der Waals surface area contributed by atoms with Crippen LogP contribution in [0.2, 0.25) is 0 Å². The van der Waals surface area contributed by atoms with Gasteiger partial charge < -0.3 is 11.1 Å². The van der Waals surface area contributed by atoms with Gasteiger partial charge in [0.25, 0.3) is 5.91 Å². The van der Waals surface area contributed by atoms with E-state index in [-0.39, 0.29) is 11.7 Å². The van der Waals surface area contributed by atoms with Crippen LogP contribution in [0.4, 0.5) is 10.1 Å². The van der Waals surface area contributed by atoms with Crippen molar-refractivity contribution in [2.45, 2.75) is 25.4 Å². The van der Waals surface area contributed by atoms with E-state index in [2.05, 4.69) is 15.4 Å². The van der Waals surface area contributed by atoms with E-state index in [1.165, 1.54) is 17.8 Å². The minimum Gasteiger partial charge on any atom is -0.379 e. The first kappa shape index (κ1) is 20.2. The lowest BCUT2D eigenvalue weighted by Crippen LogP contribution is -2.29. The quantitative estimate of drug-likeness (QED) is 0.650. The van der Waals surface area contributed by atoms with Gasteiger partial charge in [0.1, 0.15) is 5.82 Å². The molecule has 2 heterocycles. The number of nitrogens with one attached hydrogen (secondary N) is 1. The van der Waals surface area contributed by atoms with Crippen molar-refractivity contribution in [2.24, 2.45) is 10.7 Å². The zero-order valence-corrected chi connectivity index (χ0v) is 17.3. The molecule has 0 bridgehead atoms. The molecule has 0 saturated carbocycles. The topological polar surface area (TPSA) is 85.3 Å². The average Bonchev–Trinajstić information content (AvgIpc) is 3.22. The molecule has 30 heavy (non-hydrogen) atoms. The van der Waals surface area contributed by atoms with Crippen LogP contribution >= 0.6 is 11.8 Å². The summed E-state index contributed by atoms with van der Waals surface area (Å²) < 4.78 is 16.4. The molecule has 154 valence electrons. The lowest BCUT2D eigenvalue weighted by atomic mass is 9.89. The number of nitrogens with zero attached hydrogens (tertiary/aromatic N) is 3. The molecule has 6 nitrogen and oxygen atoms in total. The number of carbonyl (C=O) groups excluding carboxylic acids is 1. The maximum atomic E-state index is 14.6. The molecule has 1 aliphatic rings. The van der Waals surface area contributed by atoms with Gasteiger partial charge in [-0.2, -0.15) is 5.10 Å². The van der Waals surface area contributed by atoms with Crippen LogP contribution in [-0.4, -0.2) is 26.6 Å². The Balaban J connectivity index is 1.55. The van der Waals surface area contributed by atoms with Gasteiger partial charge in [-0.05, 0) is 55.3 Å². The number of anilines is 1. The van der Waals surface area contributed by atoms with E-state index in [1.807, 2.05) is 37.4 Å². The lowest BCUT2D eigenvalue weighted by Gasteiger charge is -2.30. The third-order valence-electron chi connectivity index (χ3n) is 5.09. The van der Waals surface area contributed by atoms with E-state index in [1.54, 1.807) is 29.1 Å². The van der Waals surface area contributed by atoms with Gasteiger partial charge >= 0.3 is 0 Å². The molecule has 0 saturated heterocycles. The number of nitrogens with two attached hydrogens (primary N) is 1. The molecule has 1 atom stereocenters. The number of thioether (sulfide) groups is 1. The molecule has 8 heteroatoms. The predicted molar refractivity (Wildman–Crippen MR) is 118 cm³/mol. The van der Waals surface area contributed by atoms with Crippen LogP contribution in [0.3, 0.4) is 0 Å². The highest BCUT2D eigenvalue weighted by atomic mass is 32.2. The van der Waals surface area contributed by atoms with Gasteiger partial charge in [0.2, 0.25) is 0 Å². The molecule has 3 N–H and O–H groups in total. The van der Waals surface area contributed by atoms with E-state index >= 15 is 0 Å². The van der Waals surface area contributed by atoms with Crippen molar-refractivity contribution < 1.29 is 9.18 Å². The molecule has 0 aliphatic carbocycles. The molecule has 0 fully saturated rings. The standard InChI is InChI=1S/C22H22FN5OS/c1-22(8-11-30-21(24)27-22)18-13-17(6-7-19(18)23)26-20(29)16-5-2-4-15(12-16)14-28-10-3-9-25-28/h2-7,9-10,12-13H,8,11,14H2,1H3,(H2,24,27)(H,26,29). The Hall–Kier alpha value is -3.13. The normalized spacial score (nSPS) is 18.7. The minimum atomic E-state index is -0.746. The number of hydrogen-bond donors (Lipinski definition) is 2. The van der Waals surface area contributed by atoms with Crippen molar-refractivity contribution in [3.63, 3.8) is 0 Å². The van der Waals surface area contributed by atoms with Gasteiger partial charge in [-0.15, -0.1) is 0 Å². The van der Waals surface area contributed by atoms with E-state index in [0.717, 1.165) is 11.3 Å². The zero-order chi connectivity index (χ0) is 21.1. The number of benzene rings is 2. The van der Waals surface area contributed by atoms with Crippen LogP contribution in [-0.2, 0) is 12.1 Å². The van der Waals surface area contributed by atoms with Crippen molar-refractivity contribution in [3.05, 3.63) is 83.4 Å². The Labute approximate surface area is 178 Å². The van der Waals surface area contributed by atoms with Crippen molar-refractivity contribution in [1.82, 2.24) is 9.78 Å². The van der Waals surface area contributed by atoms with Gasteiger partial charge in [-0.1, -0.05) is 23.9 Å². The number of amidine groups is 1. The molecule has 1 amide bonds. The maximum Gasteiger partial charge on any atom is 0.255 e. The van der Waals surface area contributed by atoms with Gasteiger partial charge in [0, 0.05) is 35.0 Å². The average molecular weight is 424 g/mol. The molecule has 1 aromatic heterocycles. The van der Waals surface area contributed by atoms with Gasteiger partial charge in [-0.3, -0.25) is 14.5 Å². The molecule has 0 spiro atoms. The van der Waals surface area contributed by atoms with Crippen molar-refractivity contribution >= 4 is 28.5 Å². The largest absolute Gasteiger partial charge is 0.379 e. The SMILES string of the molecule is CC1(c2cc(NC(=O)c3cccc(Cn4cccn4)c3)ccc2F)CCSC(N)=N1. The highest BCUT2D eigenvalue weighted by Crippen LogP contribution is 2.37. The Kier molecular flexibility index (Phi) is 5.59. The Morgan fingerprint density at radius 1 is 1.30 bits per heavy atom. The summed E-state index contributed by atoms with van der Waals surface area (Å²) in [6.07, 6.45) is 4.25. The van der Waals surface area contributed by atoms with Crippen LogP contribution in [0, 0.1) is 5.82 Å². The number of amides is 1. The molecule has 3 aromatic rings. The highest BCUT2D eigenvalue weighted by molar-refractivity contribution is 8.13. The second-order valence-corrected chi connectivity index (χ2v) is 8.49. The van der Waals surface area contributed by atoms with Crippen LogP contribution in [0.15, 0.2) is 65.9 Å². The summed E-state index contributed by atoms with van der Waals surface area (Å²) in [6.45, 7) is 2.44. The fourth-order valence-corrected chi connectivity index (χ4v) is 4.47. The number of aromatic nitrogens is 2. The molecular formula is C22H22FN5OS. The predicted octanol–water partition coefficient (Wildman–Crippen LogP) is 3.99. The second kappa shape index (κ2) is 8.31. The third kappa shape index (κ3) is 4.38. The number of hydrogen-bond acceptors (Lipinski definition) is 5.